The number of hydrogen-bond acceptors (Lipinski definition) is 7. The van der Waals surface area contributed by atoms with E-state index in [9.17, 15) is 10.2 Å². The summed E-state index contributed by atoms with van der Waals surface area (Å²) in [5.41, 5.74) is 3.15. The highest BCUT2D eigenvalue weighted by atomic mass is 35.5. The van der Waals surface area contributed by atoms with Crippen molar-refractivity contribution in [1.82, 2.24) is 14.9 Å². The Balaban J connectivity index is 1.55. The molecule has 8 heteroatoms. The number of nitrogens with zero attached hydrogens (tertiary/aromatic N) is 3. The molecule has 2 aromatic heterocycles. The van der Waals surface area contributed by atoms with Crippen molar-refractivity contribution in [1.29, 1.82) is 0 Å². The van der Waals surface area contributed by atoms with Gasteiger partial charge in [0, 0.05) is 29.7 Å². The van der Waals surface area contributed by atoms with Gasteiger partial charge in [-0.3, -0.25) is 4.90 Å². The fourth-order valence-electron chi connectivity index (χ4n) is 3.97. The van der Waals surface area contributed by atoms with Gasteiger partial charge in [0.2, 0.25) is 5.65 Å². The van der Waals surface area contributed by atoms with Crippen LogP contribution < -0.4 is 5.32 Å². The third-order valence-corrected chi connectivity index (χ3v) is 5.36. The highest BCUT2D eigenvalue weighted by Crippen LogP contribution is 2.35. The maximum Gasteiger partial charge on any atom is 0.297 e. The molecule has 29 heavy (non-hydrogen) atoms. The third-order valence-electron chi connectivity index (χ3n) is 5.14. The predicted molar refractivity (Wildman–Crippen MR) is 113 cm³/mol. The highest BCUT2D eigenvalue weighted by molar-refractivity contribution is 6.31. The van der Waals surface area contributed by atoms with Gasteiger partial charge >= 0.3 is 0 Å². The number of aryl methyl sites for hydroxylation is 1. The van der Waals surface area contributed by atoms with Gasteiger partial charge < -0.3 is 19.9 Å². The molecular formula is C21H25ClN4O3. The quantitative estimate of drug-likeness (QED) is 0.582. The van der Waals surface area contributed by atoms with E-state index in [1.165, 1.54) is 6.07 Å². The van der Waals surface area contributed by atoms with Crippen molar-refractivity contribution in [2.75, 3.05) is 25.0 Å². The normalized spacial score (nSPS) is 18.8. The number of benzene rings is 1. The Morgan fingerprint density at radius 1 is 1.34 bits per heavy atom. The highest BCUT2D eigenvalue weighted by Gasteiger charge is 2.22. The van der Waals surface area contributed by atoms with E-state index in [1.807, 2.05) is 13.0 Å². The van der Waals surface area contributed by atoms with E-state index < -0.39 is 0 Å². The van der Waals surface area contributed by atoms with Gasteiger partial charge in [0.05, 0.1) is 11.8 Å². The Bertz CT molecular complexity index is 997. The first-order valence-electron chi connectivity index (χ1n) is 9.83. The van der Waals surface area contributed by atoms with E-state index in [0.717, 1.165) is 31.5 Å². The summed E-state index contributed by atoms with van der Waals surface area (Å²) in [4.78, 5) is 11.3. The number of aromatic hydroxyl groups is 1. The van der Waals surface area contributed by atoms with Crippen LogP contribution in [0.5, 0.6) is 5.75 Å². The first kappa shape index (κ1) is 19.9. The maximum absolute atomic E-state index is 10.3. The summed E-state index contributed by atoms with van der Waals surface area (Å²) >= 11 is 6.01. The molecule has 3 aromatic rings. The van der Waals surface area contributed by atoms with Crippen molar-refractivity contribution in [3.05, 3.63) is 34.9 Å². The Hall–Kier alpha value is -2.35. The van der Waals surface area contributed by atoms with E-state index in [0.29, 0.717) is 40.1 Å². The second kappa shape index (κ2) is 8.18. The molecule has 1 aromatic carbocycles. The molecule has 1 saturated heterocycles. The van der Waals surface area contributed by atoms with Crippen molar-refractivity contribution in [3.8, 4) is 17.0 Å². The van der Waals surface area contributed by atoms with Crippen molar-refractivity contribution < 1.29 is 14.6 Å². The molecule has 2 atom stereocenters. The van der Waals surface area contributed by atoms with Gasteiger partial charge in [-0.25, -0.2) is 4.98 Å². The monoisotopic (exact) mass is 416 g/mol. The largest absolute Gasteiger partial charge is 0.507 e. The van der Waals surface area contributed by atoms with E-state index in [1.54, 1.807) is 19.1 Å². The van der Waals surface area contributed by atoms with Crippen molar-refractivity contribution in [2.45, 2.75) is 38.8 Å². The Morgan fingerprint density at radius 3 is 2.93 bits per heavy atom. The second-order valence-corrected chi connectivity index (χ2v) is 8.18. The van der Waals surface area contributed by atoms with Gasteiger partial charge in [-0.2, -0.15) is 4.98 Å². The lowest BCUT2D eigenvalue weighted by atomic mass is 10.0. The smallest absolute Gasteiger partial charge is 0.297 e. The Morgan fingerprint density at radius 2 is 2.17 bits per heavy atom. The van der Waals surface area contributed by atoms with Crippen LogP contribution in [0.3, 0.4) is 0 Å². The zero-order chi connectivity index (χ0) is 20.5. The molecule has 1 aliphatic rings. The van der Waals surface area contributed by atoms with Crippen LogP contribution in [0.25, 0.3) is 22.5 Å². The number of rotatable bonds is 5. The van der Waals surface area contributed by atoms with Crippen LogP contribution in [0.15, 0.2) is 28.7 Å². The van der Waals surface area contributed by atoms with Gasteiger partial charge in [0.1, 0.15) is 5.75 Å². The van der Waals surface area contributed by atoms with Crippen LogP contribution in [0.4, 0.5) is 6.01 Å². The zero-order valence-electron chi connectivity index (χ0n) is 16.5. The first-order valence-corrected chi connectivity index (χ1v) is 10.2. The average Bonchev–Trinajstić information content (AvgIpc) is 3.02. The van der Waals surface area contributed by atoms with Crippen LogP contribution in [-0.4, -0.2) is 56.9 Å². The van der Waals surface area contributed by atoms with Gasteiger partial charge in [-0.1, -0.05) is 11.6 Å². The van der Waals surface area contributed by atoms with Crippen LogP contribution in [0, 0.1) is 6.92 Å². The molecule has 1 aliphatic heterocycles. The fraction of sp³-hybridized carbons (Fsp3) is 0.429. The van der Waals surface area contributed by atoms with E-state index in [-0.39, 0.29) is 17.9 Å². The SMILES string of the molecule is Cc1cc(Cl)cc(O)c1-c1ccc2oc(N[C@@H]3CCCN(CC(C)O)C3)nc2n1. The van der Waals surface area contributed by atoms with Crippen LogP contribution in [0.2, 0.25) is 5.02 Å². The van der Waals surface area contributed by atoms with Crippen LogP contribution >= 0.6 is 11.6 Å². The number of aliphatic hydroxyl groups is 1. The van der Waals surface area contributed by atoms with Gasteiger partial charge in [0.15, 0.2) is 5.58 Å². The minimum Gasteiger partial charge on any atom is -0.507 e. The molecule has 0 saturated carbocycles. The number of hydrogen-bond donors (Lipinski definition) is 3. The van der Waals surface area contributed by atoms with E-state index >= 15 is 0 Å². The molecule has 3 heterocycles. The lowest BCUT2D eigenvalue weighted by Crippen LogP contribution is -2.44. The number of fused-ring (bicyclic) bond motifs is 1. The van der Waals surface area contributed by atoms with Crippen molar-refractivity contribution in [2.24, 2.45) is 0 Å². The number of aliphatic hydroxyl groups excluding tert-OH is 1. The average molecular weight is 417 g/mol. The summed E-state index contributed by atoms with van der Waals surface area (Å²) in [5, 5.41) is 23.8. The van der Waals surface area contributed by atoms with Gasteiger partial charge in [0.25, 0.3) is 6.01 Å². The molecule has 1 fully saturated rings. The minimum absolute atomic E-state index is 0.0871. The zero-order valence-corrected chi connectivity index (χ0v) is 17.3. The lowest BCUT2D eigenvalue weighted by Gasteiger charge is -2.33. The number of β-amino-alcohol motifs (C(OH)–C–C–N with tert-alkyl or cyclic N) is 1. The second-order valence-electron chi connectivity index (χ2n) is 7.75. The number of nitrogens with one attached hydrogen (secondary N) is 1. The Kier molecular flexibility index (Phi) is 5.63. The van der Waals surface area contributed by atoms with Gasteiger partial charge in [-0.05, 0) is 63.1 Å². The molecule has 4 rings (SSSR count). The van der Waals surface area contributed by atoms with Crippen LogP contribution in [-0.2, 0) is 0 Å². The predicted octanol–water partition coefficient (Wildman–Crippen LogP) is 3.81. The molecular weight excluding hydrogens is 392 g/mol. The molecule has 7 nitrogen and oxygen atoms in total. The summed E-state index contributed by atoms with van der Waals surface area (Å²) in [6.07, 6.45) is 1.74. The molecule has 3 N–H and O–H groups in total. The number of phenols is 1. The summed E-state index contributed by atoms with van der Waals surface area (Å²) in [5.74, 6) is 0.0871. The molecule has 0 radical (unpaired) electrons. The van der Waals surface area contributed by atoms with E-state index in [4.69, 9.17) is 16.0 Å². The van der Waals surface area contributed by atoms with E-state index in [2.05, 4.69) is 20.2 Å². The molecule has 0 bridgehead atoms. The number of pyridine rings is 1. The van der Waals surface area contributed by atoms with Crippen molar-refractivity contribution in [3.63, 3.8) is 0 Å². The molecule has 0 aliphatic carbocycles. The molecule has 0 amide bonds. The Labute approximate surface area is 174 Å². The summed E-state index contributed by atoms with van der Waals surface area (Å²) in [6.45, 7) is 6.18. The fourth-order valence-corrected chi connectivity index (χ4v) is 4.23. The molecule has 1 unspecified atom stereocenters. The summed E-state index contributed by atoms with van der Waals surface area (Å²) in [6, 6.07) is 7.55. The summed E-state index contributed by atoms with van der Waals surface area (Å²) < 4.78 is 5.82. The van der Waals surface area contributed by atoms with Gasteiger partial charge in [-0.15, -0.1) is 0 Å². The number of piperidine rings is 1. The van der Waals surface area contributed by atoms with Crippen LogP contribution in [0.1, 0.15) is 25.3 Å². The molecule has 0 spiro atoms. The minimum atomic E-state index is -0.339. The lowest BCUT2D eigenvalue weighted by molar-refractivity contribution is 0.110. The number of halogens is 1. The number of oxazole rings is 1. The third kappa shape index (κ3) is 4.47. The topological polar surface area (TPSA) is 94.7 Å². The standard InChI is InChI=1S/C21H25ClN4O3/c1-12-8-14(22)9-17(28)19(12)16-5-6-18-20(24-16)25-21(29-18)23-15-4-3-7-26(11-15)10-13(2)27/h5-6,8-9,13,15,27-28H,3-4,7,10-11H2,1-2H3,(H,23,24,25)/t13?,15-/m1/s1. The number of anilines is 1. The first-order chi connectivity index (χ1) is 13.9. The number of likely N-dealkylation sites (tertiary alicyclic amines) is 1. The maximum atomic E-state index is 10.3. The summed E-state index contributed by atoms with van der Waals surface area (Å²) in [7, 11) is 0. The number of phenolic OH excluding ortho intramolecular Hbond substituents is 1. The molecule has 154 valence electrons. The van der Waals surface area contributed by atoms with Crippen molar-refractivity contribution >= 4 is 28.8 Å². The number of aromatic nitrogens is 2.